The summed E-state index contributed by atoms with van der Waals surface area (Å²) < 4.78 is 28.4. The largest absolute Gasteiger partial charge is 0.478 e. The van der Waals surface area contributed by atoms with Crippen molar-refractivity contribution in [2.24, 2.45) is 0 Å². The van der Waals surface area contributed by atoms with Gasteiger partial charge in [0.15, 0.2) is 11.3 Å². The summed E-state index contributed by atoms with van der Waals surface area (Å²) in [5.74, 6) is -0.697. The number of hydrogen-bond donors (Lipinski definition) is 4. The van der Waals surface area contributed by atoms with Crippen LogP contribution in [0.1, 0.15) is 110 Å². The van der Waals surface area contributed by atoms with Gasteiger partial charge in [0, 0.05) is 29.3 Å². The molecule has 4 heterocycles. The summed E-state index contributed by atoms with van der Waals surface area (Å²) >= 11 is 0. The first-order valence-corrected chi connectivity index (χ1v) is 20.9. The van der Waals surface area contributed by atoms with E-state index in [2.05, 4.69) is 40.8 Å². The van der Waals surface area contributed by atoms with Crippen LogP contribution in [0.15, 0.2) is 73.3 Å². The first-order valence-electron chi connectivity index (χ1n) is 19.0. The molecule has 0 unspecified atom stereocenters. The fourth-order valence-electron chi connectivity index (χ4n) is 7.22. The molecule has 0 spiro atoms. The second kappa shape index (κ2) is 17.2. The van der Waals surface area contributed by atoms with E-state index in [0.29, 0.717) is 29.7 Å². The zero-order valence-corrected chi connectivity index (χ0v) is 32.0. The lowest BCUT2D eigenvalue weighted by molar-refractivity contribution is 0.0696. The van der Waals surface area contributed by atoms with Crippen LogP contribution in [0.4, 0.5) is 23.3 Å². The molecular weight excluding hydrogens is 735 g/mol. The highest BCUT2D eigenvalue weighted by molar-refractivity contribution is 7.89. The topological polar surface area (TPSA) is 212 Å². The van der Waals surface area contributed by atoms with E-state index in [4.69, 9.17) is 5.11 Å². The van der Waals surface area contributed by atoms with Crippen LogP contribution in [-0.4, -0.2) is 71.2 Å². The molecule has 2 aromatic carbocycles. The Balaban J connectivity index is 0.000000173. The number of hydrogen-bond acceptors (Lipinski definition) is 12. The van der Waals surface area contributed by atoms with Crippen molar-refractivity contribution in [3.05, 3.63) is 84.4 Å². The molecule has 4 aromatic heterocycles. The van der Waals surface area contributed by atoms with Crippen molar-refractivity contribution in [2.75, 3.05) is 16.9 Å². The van der Waals surface area contributed by atoms with E-state index in [0.717, 1.165) is 59.7 Å². The van der Waals surface area contributed by atoms with Gasteiger partial charge in [0.1, 0.15) is 0 Å². The monoisotopic (exact) mass is 779 g/mol. The quantitative estimate of drug-likeness (QED) is 0.106. The standard InChI is InChI=1S/C20H24N6O3S.C19H21N5O2/c1-30(28,29)25-19(27)14-8-10-16(11-9-14)23-20-21-12-15-13-22-26(18(15)24-20)17-6-4-2-3-5-7-17;25-18(26)13-7-9-15(10-8-13)22-19-20-11-14-12-21-24(17(14)23-19)16-5-3-1-2-4-6-16/h8-13,17H,2-7H2,1H3,(H,25,27)(H,21,23,24);7-12,16H,1-6H2,(H,25,26)(H,20,22,23). The number of carboxylic acid groups (broad SMARTS) is 1. The minimum absolute atomic E-state index is 0.244. The van der Waals surface area contributed by atoms with Crippen LogP contribution in [0.5, 0.6) is 0 Å². The number of nitrogens with zero attached hydrogens (tertiary/aromatic N) is 8. The number of sulfonamides is 1. The van der Waals surface area contributed by atoms with Crippen LogP contribution in [0, 0.1) is 0 Å². The Kier molecular flexibility index (Phi) is 11.8. The van der Waals surface area contributed by atoms with Crippen molar-refractivity contribution in [1.82, 2.24) is 44.2 Å². The molecule has 0 aliphatic heterocycles. The highest BCUT2D eigenvalue weighted by atomic mass is 32.2. The summed E-state index contributed by atoms with van der Waals surface area (Å²) in [6, 6.07) is 13.7. The minimum Gasteiger partial charge on any atom is -0.478 e. The number of benzene rings is 2. The lowest BCUT2D eigenvalue weighted by Crippen LogP contribution is -2.29. The van der Waals surface area contributed by atoms with Gasteiger partial charge in [-0.2, -0.15) is 20.2 Å². The van der Waals surface area contributed by atoms with Gasteiger partial charge in [-0.05, 0) is 74.2 Å². The Bertz CT molecular complexity index is 2400. The predicted octanol–water partition coefficient (Wildman–Crippen LogP) is 7.32. The Morgan fingerprint density at radius 1 is 0.625 bits per heavy atom. The van der Waals surface area contributed by atoms with Gasteiger partial charge in [0.2, 0.25) is 21.9 Å². The van der Waals surface area contributed by atoms with Gasteiger partial charge in [0.05, 0.1) is 47.1 Å². The third-order valence-electron chi connectivity index (χ3n) is 10.1. The molecule has 0 atom stereocenters. The lowest BCUT2D eigenvalue weighted by atomic mass is 10.1. The van der Waals surface area contributed by atoms with Crippen LogP contribution in [0.3, 0.4) is 0 Å². The number of nitrogens with one attached hydrogen (secondary N) is 3. The van der Waals surface area contributed by atoms with E-state index in [-0.39, 0.29) is 11.1 Å². The Morgan fingerprint density at radius 3 is 1.43 bits per heavy atom. The van der Waals surface area contributed by atoms with Crippen molar-refractivity contribution in [1.29, 1.82) is 0 Å². The number of anilines is 4. The highest BCUT2D eigenvalue weighted by Gasteiger charge is 2.20. The number of amides is 1. The molecule has 16 nitrogen and oxygen atoms in total. The lowest BCUT2D eigenvalue weighted by Gasteiger charge is -2.15. The van der Waals surface area contributed by atoms with Crippen molar-refractivity contribution in [3.8, 4) is 0 Å². The van der Waals surface area contributed by atoms with Gasteiger partial charge in [0.25, 0.3) is 5.91 Å². The van der Waals surface area contributed by atoms with Gasteiger partial charge < -0.3 is 15.7 Å². The van der Waals surface area contributed by atoms with E-state index >= 15 is 0 Å². The van der Waals surface area contributed by atoms with Gasteiger partial charge in [-0.1, -0.05) is 51.4 Å². The molecule has 2 aliphatic rings. The number of fused-ring (bicyclic) bond motifs is 2. The van der Waals surface area contributed by atoms with E-state index in [1.165, 1.54) is 63.5 Å². The molecule has 2 fully saturated rings. The van der Waals surface area contributed by atoms with E-state index in [1.807, 2.05) is 20.3 Å². The molecule has 1 amide bonds. The van der Waals surface area contributed by atoms with Gasteiger partial charge >= 0.3 is 5.97 Å². The number of carbonyl (C=O) groups excluding carboxylic acids is 1. The number of aromatic nitrogens is 8. The maximum atomic E-state index is 11.9. The number of rotatable bonds is 9. The molecule has 8 rings (SSSR count). The molecule has 2 saturated carbocycles. The maximum absolute atomic E-state index is 11.9. The molecule has 292 valence electrons. The minimum atomic E-state index is -3.60. The molecule has 0 radical (unpaired) electrons. The summed E-state index contributed by atoms with van der Waals surface area (Å²) in [5.41, 5.74) is 3.58. The molecule has 17 heteroatoms. The van der Waals surface area contributed by atoms with Crippen molar-refractivity contribution < 1.29 is 23.1 Å². The third kappa shape index (κ3) is 9.63. The zero-order chi connectivity index (χ0) is 39.1. The Morgan fingerprint density at radius 2 is 1.04 bits per heavy atom. The van der Waals surface area contributed by atoms with Gasteiger partial charge in [-0.15, -0.1) is 0 Å². The van der Waals surface area contributed by atoms with Crippen LogP contribution in [0.2, 0.25) is 0 Å². The fraction of sp³-hybridized carbons (Fsp3) is 0.385. The zero-order valence-electron chi connectivity index (χ0n) is 31.1. The van der Waals surface area contributed by atoms with Crippen molar-refractivity contribution in [2.45, 2.75) is 89.1 Å². The predicted molar refractivity (Wildman–Crippen MR) is 213 cm³/mol. The third-order valence-corrected chi connectivity index (χ3v) is 10.6. The number of carbonyl (C=O) groups is 2. The second-order valence-corrected chi connectivity index (χ2v) is 16.1. The average molecular weight is 780 g/mol. The highest BCUT2D eigenvalue weighted by Crippen LogP contribution is 2.31. The number of aromatic carboxylic acids is 1. The van der Waals surface area contributed by atoms with Crippen molar-refractivity contribution >= 4 is 67.2 Å². The first kappa shape index (κ1) is 38.3. The van der Waals surface area contributed by atoms with Crippen LogP contribution in [0.25, 0.3) is 22.1 Å². The smallest absolute Gasteiger partial charge is 0.335 e. The maximum Gasteiger partial charge on any atom is 0.335 e. The van der Waals surface area contributed by atoms with E-state index in [9.17, 15) is 18.0 Å². The van der Waals surface area contributed by atoms with Gasteiger partial charge in [-0.3, -0.25) is 4.79 Å². The first-order chi connectivity index (χ1) is 27.1. The summed E-state index contributed by atoms with van der Waals surface area (Å²) in [6.45, 7) is 0. The van der Waals surface area contributed by atoms with Gasteiger partial charge in [-0.25, -0.2) is 37.3 Å². The Labute approximate surface area is 324 Å². The number of carboxylic acids is 1. The van der Waals surface area contributed by atoms with Crippen molar-refractivity contribution in [3.63, 3.8) is 0 Å². The molecule has 56 heavy (non-hydrogen) atoms. The fourth-order valence-corrected chi connectivity index (χ4v) is 7.67. The summed E-state index contributed by atoms with van der Waals surface area (Å²) in [4.78, 5) is 40.9. The summed E-state index contributed by atoms with van der Waals surface area (Å²) in [7, 11) is -3.60. The van der Waals surface area contributed by atoms with Crippen LogP contribution in [-0.2, 0) is 10.0 Å². The molecule has 0 bridgehead atoms. The van der Waals surface area contributed by atoms with E-state index in [1.54, 1.807) is 55.0 Å². The molecule has 4 N–H and O–H groups in total. The summed E-state index contributed by atoms with van der Waals surface area (Å²) in [5, 5.41) is 26.2. The average Bonchev–Trinajstić information content (AvgIpc) is 3.54. The molecule has 2 aliphatic carbocycles. The molecule has 0 saturated heterocycles. The van der Waals surface area contributed by atoms with E-state index < -0.39 is 21.9 Å². The van der Waals surface area contributed by atoms with Crippen LogP contribution < -0.4 is 15.4 Å². The van der Waals surface area contributed by atoms with Crippen LogP contribution >= 0.6 is 0 Å². The molecular formula is C39H45N11O5S. The molecule has 6 aromatic rings. The SMILES string of the molecule is CS(=O)(=O)NC(=O)c1ccc(Nc2ncc3cnn(C4CCCCCC4)c3n2)cc1.O=C(O)c1ccc(Nc2ncc3cnn(C4CCCCCC4)c3n2)cc1. The second-order valence-electron chi connectivity index (χ2n) is 14.3. The summed E-state index contributed by atoms with van der Waals surface area (Å²) in [6.07, 6.45) is 22.6. The Hall–Kier alpha value is -5.97. The normalized spacial score (nSPS) is 15.7.